The van der Waals surface area contributed by atoms with Crippen molar-refractivity contribution in [2.24, 2.45) is 5.92 Å². The lowest BCUT2D eigenvalue weighted by Gasteiger charge is -2.50. The molecule has 3 atom stereocenters. The average Bonchev–Trinajstić information content (AvgIpc) is 2.64. The van der Waals surface area contributed by atoms with Gasteiger partial charge in [-0.05, 0) is 82.7 Å². The molecule has 29 heavy (non-hydrogen) atoms. The van der Waals surface area contributed by atoms with E-state index >= 15 is 0 Å². The molecule has 164 valence electrons. The Balaban J connectivity index is 1.92. The van der Waals surface area contributed by atoms with Gasteiger partial charge in [-0.3, -0.25) is 0 Å². The summed E-state index contributed by atoms with van der Waals surface area (Å²) in [5.41, 5.74) is 2.13. The summed E-state index contributed by atoms with van der Waals surface area (Å²) in [5, 5.41) is 11.2. The van der Waals surface area contributed by atoms with Crippen molar-refractivity contribution in [2.45, 2.75) is 109 Å². The third-order valence-corrected chi connectivity index (χ3v) is 7.75. The number of unbranched alkanes of at least 4 members (excludes halogenated alkanes) is 3. The second-order valence-corrected chi connectivity index (χ2v) is 11.0. The number of nitrogens with zero attached hydrogens (tertiary/aromatic N) is 1. The SMILES string of the molecule is CCCCCCC(C)(C)c1cc(O)c2c(c1)OC(C)(C)[C@@H]1CCC(N(C)C)C[C@@H]21. The standard InChI is InChI=1S/C26H43NO2/c1-8-9-10-11-14-25(2,3)18-15-22(28)24-20-17-19(27(6)7)12-13-21(20)26(4,5)29-23(24)16-18/h15-16,19-21,28H,8-14,17H2,1-7H3/t19?,20-,21-/m1/s1. The molecule has 1 aliphatic heterocycles. The van der Waals surface area contributed by atoms with Crippen molar-refractivity contribution in [3.8, 4) is 11.5 Å². The first-order valence-corrected chi connectivity index (χ1v) is 11.8. The first-order valence-electron chi connectivity index (χ1n) is 11.8. The fourth-order valence-corrected chi connectivity index (χ4v) is 5.73. The van der Waals surface area contributed by atoms with Crippen LogP contribution in [0.25, 0.3) is 0 Å². The molecule has 0 radical (unpaired) electrons. The number of hydrogen-bond acceptors (Lipinski definition) is 3. The van der Waals surface area contributed by atoms with Crippen LogP contribution in [-0.4, -0.2) is 35.7 Å². The van der Waals surface area contributed by atoms with Crippen molar-refractivity contribution in [2.75, 3.05) is 14.1 Å². The molecule has 1 saturated carbocycles. The van der Waals surface area contributed by atoms with E-state index in [-0.39, 0.29) is 11.0 Å². The van der Waals surface area contributed by atoms with Crippen LogP contribution in [0.15, 0.2) is 12.1 Å². The summed E-state index contributed by atoms with van der Waals surface area (Å²) in [7, 11) is 4.36. The molecule has 1 unspecified atom stereocenters. The molecule has 3 nitrogen and oxygen atoms in total. The lowest BCUT2D eigenvalue weighted by Crippen LogP contribution is -2.49. The van der Waals surface area contributed by atoms with Gasteiger partial charge in [0.2, 0.25) is 0 Å². The van der Waals surface area contributed by atoms with Crippen LogP contribution in [0, 0.1) is 5.92 Å². The summed E-state index contributed by atoms with van der Waals surface area (Å²) in [4.78, 5) is 2.35. The maximum atomic E-state index is 11.2. The fourth-order valence-electron chi connectivity index (χ4n) is 5.73. The van der Waals surface area contributed by atoms with Gasteiger partial charge in [-0.1, -0.05) is 46.5 Å². The zero-order valence-electron chi connectivity index (χ0n) is 19.8. The van der Waals surface area contributed by atoms with Gasteiger partial charge in [-0.25, -0.2) is 0 Å². The number of benzene rings is 1. The summed E-state index contributed by atoms with van der Waals surface area (Å²) < 4.78 is 6.57. The molecule has 2 aliphatic rings. The van der Waals surface area contributed by atoms with Crippen LogP contribution in [0.1, 0.15) is 103 Å². The number of ether oxygens (including phenoxy) is 1. The Hall–Kier alpha value is -1.22. The molecular formula is C26H43NO2. The van der Waals surface area contributed by atoms with E-state index in [2.05, 4.69) is 59.7 Å². The van der Waals surface area contributed by atoms with E-state index in [1.54, 1.807) is 0 Å². The van der Waals surface area contributed by atoms with Crippen molar-refractivity contribution in [1.29, 1.82) is 0 Å². The molecule has 0 bridgehead atoms. The van der Waals surface area contributed by atoms with Crippen LogP contribution >= 0.6 is 0 Å². The number of rotatable bonds is 7. The first kappa shape index (κ1) is 22.5. The highest BCUT2D eigenvalue weighted by molar-refractivity contribution is 5.53. The molecular weight excluding hydrogens is 358 g/mol. The minimum absolute atomic E-state index is 0.0450. The summed E-state index contributed by atoms with van der Waals surface area (Å²) in [6, 6.07) is 4.86. The average molecular weight is 402 g/mol. The monoisotopic (exact) mass is 401 g/mol. The molecule has 1 heterocycles. The molecule has 1 N–H and O–H groups in total. The minimum Gasteiger partial charge on any atom is -0.508 e. The molecule has 3 rings (SSSR count). The highest BCUT2D eigenvalue weighted by Crippen LogP contribution is 2.55. The molecule has 0 saturated heterocycles. The zero-order valence-corrected chi connectivity index (χ0v) is 19.8. The van der Waals surface area contributed by atoms with E-state index < -0.39 is 0 Å². The van der Waals surface area contributed by atoms with E-state index in [1.807, 2.05) is 6.07 Å². The van der Waals surface area contributed by atoms with Gasteiger partial charge in [0.1, 0.15) is 17.1 Å². The second kappa shape index (κ2) is 8.49. The van der Waals surface area contributed by atoms with E-state index in [0.717, 1.165) is 30.6 Å². The maximum absolute atomic E-state index is 11.2. The topological polar surface area (TPSA) is 32.7 Å². The van der Waals surface area contributed by atoms with E-state index in [9.17, 15) is 5.11 Å². The number of hydrogen-bond donors (Lipinski definition) is 1. The molecule has 1 aliphatic carbocycles. The maximum Gasteiger partial charge on any atom is 0.127 e. The normalized spacial score (nSPS) is 26.0. The molecule has 1 fully saturated rings. The summed E-state index contributed by atoms with van der Waals surface area (Å²) in [5.74, 6) is 2.21. The Labute approximate surface area is 178 Å². The van der Waals surface area contributed by atoms with Gasteiger partial charge < -0.3 is 14.7 Å². The van der Waals surface area contributed by atoms with Gasteiger partial charge >= 0.3 is 0 Å². The van der Waals surface area contributed by atoms with Gasteiger partial charge in [0, 0.05) is 17.5 Å². The van der Waals surface area contributed by atoms with E-state index in [1.165, 1.54) is 37.7 Å². The highest BCUT2D eigenvalue weighted by atomic mass is 16.5. The Morgan fingerprint density at radius 2 is 1.86 bits per heavy atom. The number of phenols is 1. The number of aromatic hydroxyl groups is 1. The van der Waals surface area contributed by atoms with Crippen LogP contribution in [0.3, 0.4) is 0 Å². The van der Waals surface area contributed by atoms with Crippen LogP contribution in [0.2, 0.25) is 0 Å². The largest absolute Gasteiger partial charge is 0.508 e. The van der Waals surface area contributed by atoms with Gasteiger partial charge in [0.25, 0.3) is 0 Å². The number of phenolic OH excluding ortho intramolecular Hbond substituents is 1. The molecule has 0 amide bonds. The van der Waals surface area contributed by atoms with Crippen LogP contribution < -0.4 is 4.74 Å². The van der Waals surface area contributed by atoms with Gasteiger partial charge in [-0.2, -0.15) is 0 Å². The predicted octanol–water partition coefficient (Wildman–Crippen LogP) is 6.63. The smallest absolute Gasteiger partial charge is 0.127 e. The Morgan fingerprint density at radius 3 is 2.52 bits per heavy atom. The van der Waals surface area contributed by atoms with E-state index in [0.29, 0.717) is 23.6 Å². The number of fused-ring (bicyclic) bond motifs is 3. The third kappa shape index (κ3) is 4.60. The lowest BCUT2D eigenvalue weighted by molar-refractivity contribution is -0.0195. The van der Waals surface area contributed by atoms with Gasteiger partial charge in [-0.15, -0.1) is 0 Å². The van der Waals surface area contributed by atoms with Crippen molar-refractivity contribution >= 4 is 0 Å². The quantitative estimate of drug-likeness (QED) is 0.521. The Morgan fingerprint density at radius 1 is 1.14 bits per heavy atom. The Kier molecular flexibility index (Phi) is 6.58. The Bertz CT molecular complexity index is 707. The van der Waals surface area contributed by atoms with Crippen LogP contribution in [-0.2, 0) is 5.41 Å². The lowest BCUT2D eigenvalue weighted by atomic mass is 9.64. The third-order valence-electron chi connectivity index (χ3n) is 7.75. The van der Waals surface area contributed by atoms with Crippen molar-refractivity contribution in [1.82, 2.24) is 4.90 Å². The van der Waals surface area contributed by atoms with Gasteiger partial charge in [0.05, 0.1) is 0 Å². The van der Waals surface area contributed by atoms with Gasteiger partial charge in [0.15, 0.2) is 0 Å². The fraction of sp³-hybridized carbons (Fsp3) is 0.769. The van der Waals surface area contributed by atoms with Crippen LogP contribution in [0.5, 0.6) is 11.5 Å². The predicted molar refractivity (Wildman–Crippen MR) is 122 cm³/mol. The molecule has 3 heteroatoms. The molecule has 1 aromatic rings. The summed E-state index contributed by atoms with van der Waals surface area (Å²) in [6.07, 6.45) is 9.70. The zero-order chi connectivity index (χ0) is 21.4. The second-order valence-electron chi connectivity index (χ2n) is 11.0. The van der Waals surface area contributed by atoms with Crippen molar-refractivity contribution < 1.29 is 9.84 Å². The minimum atomic E-state index is -0.189. The van der Waals surface area contributed by atoms with Crippen molar-refractivity contribution in [3.63, 3.8) is 0 Å². The highest BCUT2D eigenvalue weighted by Gasteiger charge is 2.48. The molecule has 0 aromatic heterocycles. The van der Waals surface area contributed by atoms with E-state index in [4.69, 9.17) is 4.74 Å². The molecule has 1 aromatic carbocycles. The van der Waals surface area contributed by atoms with Crippen molar-refractivity contribution in [3.05, 3.63) is 23.3 Å². The summed E-state index contributed by atoms with van der Waals surface area (Å²) in [6.45, 7) is 11.3. The van der Waals surface area contributed by atoms with Crippen LogP contribution in [0.4, 0.5) is 0 Å². The summed E-state index contributed by atoms with van der Waals surface area (Å²) >= 11 is 0. The molecule has 0 spiro atoms. The first-order chi connectivity index (χ1) is 13.6.